The first-order valence-corrected chi connectivity index (χ1v) is 8.88. The van der Waals surface area contributed by atoms with Crippen molar-refractivity contribution in [3.05, 3.63) is 46.1 Å². The minimum absolute atomic E-state index is 0.260. The van der Waals surface area contributed by atoms with Gasteiger partial charge in [0, 0.05) is 23.2 Å². The molecule has 1 aromatic carbocycles. The van der Waals surface area contributed by atoms with E-state index in [1.807, 2.05) is 0 Å². The number of aromatic amines is 1. The SMILES string of the molecule is CC(C)(C)N1C(=O)c2ccc(C(=O)Nc3n[nH]c4c3CCNC4)cc2C1=O. The van der Waals surface area contributed by atoms with E-state index in [0.29, 0.717) is 23.5 Å². The van der Waals surface area contributed by atoms with Crippen LogP contribution in [0.5, 0.6) is 0 Å². The van der Waals surface area contributed by atoms with Crippen molar-refractivity contribution in [1.29, 1.82) is 0 Å². The summed E-state index contributed by atoms with van der Waals surface area (Å²) in [5.74, 6) is -0.556. The van der Waals surface area contributed by atoms with Gasteiger partial charge in [-0.2, -0.15) is 5.10 Å². The molecule has 0 fully saturated rings. The lowest BCUT2D eigenvalue weighted by Gasteiger charge is -2.29. The van der Waals surface area contributed by atoms with E-state index in [0.717, 1.165) is 24.2 Å². The van der Waals surface area contributed by atoms with Crippen LogP contribution in [-0.2, 0) is 13.0 Å². The van der Waals surface area contributed by atoms with Crippen molar-refractivity contribution in [3.8, 4) is 0 Å². The molecule has 8 nitrogen and oxygen atoms in total. The number of carbonyl (C=O) groups excluding carboxylic acids is 3. The molecule has 27 heavy (non-hydrogen) atoms. The lowest BCUT2D eigenvalue weighted by molar-refractivity contribution is 0.0507. The van der Waals surface area contributed by atoms with Gasteiger partial charge in [0.25, 0.3) is 17.7 Å². The Morgan fingerprint density at radius 1 is 1.19 bits per heavy atom. The highest BCUT2D eigenvalue weighted by Gasteiger charge is 2.42. The zero-order chi connectivity index (χ0) is 19.3. The minimum atomic E-state index is -0.627. The number of amides is 3. The minimum Gasteiger partial charge on any atom is -0.311 e. The third kappa shape index (κ3) is 2.82. The van der Waals surface area contributed by atoms with Gasteiger partial charge in [-0.25, -0.2) is 0 Å². The van der Waals surface area contributed by atoms with Crippen LogP contribution in [0.4, 0.5) is 5.82 Å². The molecule has 0 atom stereocenters. The van der Waals surface area contributed by atoms with Crippen LogP contribution in [0.15, 0.2) is 18.2 Å². The Bertz CT molecular complexity index is 970. The topological polar surface area (TPSA) is 107 Å². The van der Waals surface area contributed by atoms with Crippen molar-refractivity contribution in [2.24, 2.45) is 0 Å². The standard InChI is InChI=1S/C19H21N5O3/c1-19(2,3)24-17(26)11-5-4-10(8-13(11)18(24)27)16(25)21-15-12-6-7-20-9-14(12)22-23-15/h4-5,8,20H,6-7,9H2,1-3H3,(H2,21,22,23,25). The first-order valence-electron chi connectivity index (χ1n) is 8.88. The fourth-order valence-electron chi connectivity index (χ4n) is 3.52. The third-order valence-electron chi connectivity index (χ3n) is 4.86. The van der Waals surface area contributed by atoms with Crippen molar-refractivity contribution in [1.82, 2.24) is 20.4 Å². The highest BCUT2D eigenvalue weighted by molar-refractivity contribution is 6.22. The summed E-state index contributed by atoms with van der Waals surface area (Å²) in [6, 6.07) is 4.59. The smallest absolute Gasteiger partial charge is 0.262 e. The zero-order valence-corrected chi connectivity index (χ0v) is 15.5. The Hall–Kier alpha value is -3.00. The van der Waals surface area contributed by atoms with Crippen molar-refractivity contribution in [2.45, 2.75) is 39.3 Å². The van der Waals surface area contributed by atoms with Crippen LogP contribution in [0.1, 0.15) is 63.1 Å². The fourth-order valence-corrected chi connectivity index (χ4v) is 3.52. The molecule has 0 unspecified atom stereocenters. The van der Waals surface area contributed by atoms with Crippen LogP contribution in [0.3, 0.4) is 0 Å². The lowest BCUT2D eigenvalue weighted by atomic mass is 10.0. The number of aromatic nitrogens is 2. The first-order chi connectivity index (χ1) is 12.8. The summed E-state index contributed by atoms with van der Waals surface area (Å²) in [7, 11) is 0. The predicted octanol–water partition coefficient (Wildman–Crippen LogP) is 1.70. The van der Waals surface area contributed by atoms with E-state index in [9.17, 15) is 14.4 Å². The summed E-state index contributed by atoms with van der Waals surface area (Å²) in [4.78, 5) is 39.1. The Kier molecular flexibility index (Phi) is 3.88. The van der Waals surface area contributed by atoms with Gasteiger partial charge in [-0.3, -0.25) is 24.4 Å². The van der Waals surface area contributed by atoms with Crippen LogP contribution in [-0.4, -0.2) is 44.9 Å². The molecule has 2 aromatic rings. The van der Waals surface area contributed by atoms with Gasteiger partial charge in [-0.1, -0.05) is 0 Å². The fraction of sp³-hybridized carbons (Fsp3) is 0.368. The number of hydrogen-bond donors (Lipinski definition) is 3. The molecule has 0 bridgehead atoms. The summed E-state index contributed by atoms with van der Waals surface area (Å²) >= 11 is 0. The van der Waals surface area contributed by atoms with Gasteiger partial charge in [0.2, 0.25) is 0 Å². The van der Waals surface area contributed by atoms with Gasteiger partial charge in [0.1, 0.15) is 0 Å². The first kappa shape index (κ1) is 17.4. The molecule has 0 saturated heterocycles. The second-order valence-electron chi connectivity index (χ2n) is 7.79. The van der Waals surface area contributed by atoms with Crippen LogP contribution in [0, 0.1) is 0 Å². The molecule has 140 valence electrons. The largest absolute Gasteiger partial charge is 0.311 e. The number of anilines is 1. The second kappa shape index (κ2) is 6.02. The van der Waals surface area contributed by atoms with Crippen LogP contribution in [0.25, 0.3) is 0 Å². The number of fused-ring (bicyclic) bond motifs is 2. The molecular formula is C19H21N5O3. The van der Waals surface area contributed by atoms with Gasteiger partial charge in [-0.15, -0.1) is 0 Å². The van der Waals surface area contributed by atoms with Gasteiger partial charge in [0.05, 0.1) is 16.8 Å². The molecular weight excluding hydrogens is 346 g/mol. The van der Waals surface area contributed by atoms with Crippen LogP contribution >= 0.6 is 0 Å². The molecule has 1 aromatic heterocycles. The van der Waals surface area contributed by atoms with Crippen LogP contribution in [0.2, 0.25) is 0 Å². The summed E-state index contributed by atoms with van der Waals surface area (Å²) in [5.41, 5.74) is 2.24. The van der Waals surface area contributed by atoms with Crippen molar-refractivity contribution >= 4 is 23.5 Å². The Morgan fingerprint density at radius 3 is 2.67 bits per heavy atom. The molecule has 2 aliphatic heterocycles. The molecule has 0 saturated carbocycles. The van der Waals surface area contributed by atoms with Crippen molar-refractivity contribution in [3.63, 3.8) is 0 Å². The summed E-state index contributed by atoms with van der Waals surface area (Å²) < 4.78 is 0. The highest BCUT2D eigenvalue weighted by Crippen LogP contribution is 2.30. The average Bonchev–Trinajstić information content (AvgIpc) is 3.14. The number of nitrogens with one attached hydrogen (secondary N) is 3. The third-order valence-corrected chi connectivity index (χ3v) is 4.86. The second-order valence-corrected chi connectivity index (χ2v) is 7.79. The lowest BCUT2D eigenvalue weighted by Crippen LogP contribution is -2.45. The molecule has 4 rings (SSSR count). The number of nitrogens with zero attached hydrogens (tertiary/aromatic N) is 2. The van der Waals surface area contributed by atoms with E-state index in [1.165, 1.54) is 11.0 Å². The molecule has 0 radical (unpaired) electrons. The molecule has 3 amide bonds. The predicted molar refractivity (Wildman–Crippen MR) is 98.6 cm³/mol. The van der Waals surface area contributed by atoms with E-state index in [2.05, 4.69) is 20.8 Å². The summed E-state index contributed by atoms with van der Waals surface area (Å²) in [6.07, 6.45) is 0.777. The number of imide groups is 1. The number of H-pyrrole nitrogens is 1. The van der Waals surface area contributed by atoms with Gasteiger partial charge in [0.15, 0.2) is 5.82 Å². The Morgan fingerprint density at radius 2 is 1.93 bits per heavy atom. The normalized spacial score (nSPS) is 16.3. The maximum absolute atomic E-state index is 12.7. The molecule has 0 aliphatic carbocycles. The number of hydrogen-bond acceptors (Lipinski definition) is 5. The molecule has 0 spiro atoms. The zero-order valence-electron chi connectivity index (χ0n) is 15.5. The van der Waals surface area contributed by atoms with E-state index in [-0.39, 0.29) is 23.3 Å². The van der Waals surface area contributed by atoms with E-state index in [4.69, 9.17) is 0 Å². The Balaban J connectivity index is 1.61. The maximum atomic E-state index is 12.7. The molecule has 3 N–H and O–H groups in total. The number of carbonyl (C=O) groups is 3. The molecule has 2 aliphatic rings. The van der Waals surface area contributed by atoms with Gasteiger partial charge in [-0.05, 0) is 51.9 Å². The monoisotopic (exact) mass is 367 g/mol. The van der Waals surface area contributed by atoms with Crippen molar-refractivity contribution in [2.75, 3.05) is 11.9 Å². The van der Waals surface area contributed by atoms with Gasteiger partial charge < -0.3 is 10.6 Å². The van der Waals surface area contributed by atoms with E-state index < -0.39 is 5.54 Å². The van der Waals surface area contributed by atoms with Crippen LogP contribution < -0.4 is 10.6 Å². The highest BCUT2D eigenvalue weighted by atomic mass is 16.2. The van der Waals surface area contributed by atoms with Gasteiger partial charge >= 0.3 is 0 Å². The average molecular weight is 367 g/mol. The summed E-state index contributed by atoms with van der Waals surface area (Å²) in [6.45, 7) is 6.93. The van der Waals surface area contributed by atoms with Crippen molar-refractivity contribution < 1.29 is 14.4 Å². The number of benzene rings is 1. The maximum Gasteiger partial charge on any atom is 0.262 e. The quantitative estimate of drug-likeness (QED) is 0.701. The van der Waals surface area contributed by atoms with E-state index >= 15 is 0 Å². The summed E-state index contributed by atoms with van der Waals surface area (Å²) in [5, 5.41) is 13.1. The van der Waals surface area contributed by atoms with E-state index in [1.54, 1.807) is 32.9 Å². The molecule has 8 heteroatoms. The Labute approximate surface area is 156 Å². The number of rotatable bonds is 2. The molecule has 3 heterocycles.